The molecule has 0 aliphatic carbocycles. The van der Waals surface area contributed by atoms with Crippen LogP contribution in [0.5, 0.6) is 0 Å². The largest absolute Gasteiger partial charge is 0.476 e. The Kier molecular flexibility index (Phi) is 3.68. The summed E-state index contributed by atoms with van der Waals surface area (Å²) in [6.45, 7) is 0. The molecule has 7 heteroatoms. The molecule has 0 atom stereocenters. The smallest absolute Gasteiger partial charge is 0.356 e. The fourth-order valence-corrected chi connectivity index (χ4v) is 2.18. The number of carbonyl (C=O) groups is 2. The Bertz CT molecular complexity index is 862. The normalized spacial score (nSPS) is 10.5. The number of nitrogens with one attached hydrogen (secondary N) is 1. The molecule has 2 aromatic heterocycles. The number of H-pyrrole nitrogens is 1. The fourth-order valence-electron chi connectivity index (χ4n) is 2.18. The second kappa shape index (κ2) is 5.80. The highest BCUT2D eigenvalue weighted by Crippen LogP contribution is 2.22. The van der Waals surface area contributed by atoms with Crippen LogP contribution in [0.1, 0.15) is 21.0 Å². The highest BCUT2D eigenvalue weighted by molar-refractivity contribution is 5.89. The number of carboxylic acid groups (broad SMARTS) is 1. The predicted molar refractivity (Wildman–Crippen MR) is 81.6 cm³/mol. The van der Waals surface area contributed by atoms with Gasteiger partial charge >= 0.3 is 11.9 Å². The number of ether oxygens (including phenoxy) is 1. The van der Waals surface area contributed by atoms with Crippen molar-refractivity contribution in [3.05, 3.63) is 60.2 Å². The molecule has 0 spiro atoms. The molecule has 1 aromatic carbocycles. The molecule has 3 aromatic rings. The lowest BCUT2D eigenvalue weighted by Gasteiger charge is -2.03. The Hall–Kier alpha value is -3.35. The average Bonchev–Trinajstić information content (AvgIpc) is 3.24. The third-order valence-corrected chi connectivity index (χ3v) is 3.36. The number of aromatic carboxylic acids is 1. The Morgan fingerprint density at radius 3 is 2.52 bits per heavy atom. The van der Waals surface area contributed by atoms with Crippen molar-refractivity contribution in [1.29, 1.82) is 0 Å². The van der Waals surface area contributed by atoms with Crippen molar-refractivity contribution in [3.63, 3.8) is 0 Å². The molecule has 2 heterocycles. The molecule has 0 bridgehead atoms. The molecule has 0 radical (unpaired) electrons. The Balaban J connectivity index is 1.85. The summed E-state index contributed by atoms with van der Waals surface area (Å²) in [5.41, 5.74) is 2.87. The zero-order valence-electron chi connectivity index (χ0n) is 12.2. The molecular weight excluding hydrogens is 298 g/mol. The van der Waals surface area contributed by atoms with Gasteiger partial charge in [-0.05, 0) is 35.4 Å². The second-order valence-electron chi connectivity index (χ2n) is 4.79. The van der Waals surface area contributed by atoms with Gasteiger partial charge < -0.3 is 14.8 Å². The number of carbonyl (C=O) groups excluding carboxylic acids is 1. The molecular formula is C16H13N3O4. The molecule has 2 N–H and O–H groups in total. The number of benzene rings is 1. The molecule has 0 aliphatic heterocycles. The highest BCUT2D eigenvalue weighted by atomic mass is 16.5. The average molecular weight is 311 g/mol. The van der Waals surface area contributed by atoms with Crippen molar-refractivity contribution < 1.29 is 19.4 Å². The van der Waals surface area contributed by atoms with E-state index in [0.29, 0.717) is 5.69 Å². The molecule has 0 aliphatic rings. The van der Waals surface area contributed by atoms with E-state index in [1.165, 1.54) is 17.9 Å². The minimum Gasteiger partial charge on any atom is -0.476 e. The van der Waals surface area contributed by atoms with Crippen LogP contribution in [0, 0.1) is 0 Å². The number of hydrogen-bond donors (Lipinski definition) is 2. The van der Waals surface area contributed by atoms with Gasteiger partial charge in [0.25, 0.3) is 0 Å². The first-order valence-corrected chi connectivity index (χ1v) is 6.75. The van der Waals surface area contributed by atoms with E-state index >= 15 is 0 Å². The maximum Gasteiger partial charge on any atom is 0.356 e. The van der Waals surface area contributed by atoms with Crippen LogP contribution in [0.2, 0.25) is 0 Å². The van der Waals surface area contributed by atoms with Crippen molar-refractivity contribution in [2.45, 2.75) is 0 Å². The van der Waals surface area contributed by atoms with E-state index in [0.717, 1.165) is 16.8 Å². The van der Waals surface area contributed by atoms with Gasteiger partial charge in [0.1, 0.15) is 5.69 Å². The lowest BCUT2D eigenvalue weighted by molar-refractivity contribution is 0.0594. The van der Waals surface area contributed by atoms with Crippen LogP contribution < -0.4 is 0 Å². The second-order valence-corrected chi connectivity index (χ2v) is 4.79. The molecule has 0 saturated carbocycles. The number of methoxy groups -OCH3 is 1. The number of hydrogen-bond acceptors (Lipinski definition) is 4. The van der Waals surface area contributed by atoms with Crippen LogP contribution >= 0.6 is 0 Å². The van der Waals surface area contributed by atoms with E-state index in [-0.39, 0.29) is 5.69 Å². The number of aromatic nitrogens is 3. The van der Waals surface area contributed by atoms with Crippen LogP contribution in [-0.2, 0) is 4.74 Å². The summed E-state index contributed by atoms with van der Waals surface area (Å²) in [5, 5.41) is 12.9. The SMILES string of the molecule is COC(=O)c1cc(-c2ccc(-n3ccc(C(=O)O)n3)cc2)c[nH]1. The van der Waals surface area contributed by atoms with Crippen LogP contribution in [-0.4, -0.2) is 38.9 Å². The zero-order chi connectivity index (χ0) is 16.4. The predicted octanol–water partition coefficient (Wildman–Crippen LogP) is 2.35. The quantitative estimate of drug-likeness (QED) is 0.721. The van der Waals surface area contributed by atoms with Gasteiger partial charge in [0.2, 0.25) is 0 Å². The van der Waals surface area contributed by atoms with Crippen molar-refractivity contribution in [2.75, 3.05) is 7.11 Å². The molecule has 0 fully saturated rings. The fraction of sp³-hybridized carbons (Fsp3) is 0.0625. The third kappa shape index (κ3) is 2.84. The van der Waals surface area contributed by atoms with Gasteiger partial charge in [-0.3, -0.25) is 0 Å². The van der Waals surface area contributed by atoms with E-state index in [1.807, 2.05) is 24.3 Å². The van der Waals surface area contributed by atoms with E-state index in [2.05, 4.69) is 14.8 Å². The summed E-state index contributed by atoms with van der Waals surface area (Å²) in [5.74, 6) is -1.49. The number of aromatic amines is 1. The van der Waals surface area contributed by atoms with Gasteiger partial charge in [-0.25, -0.2) is 14.3 Å². The summed E-state index contributed by atoms with van der Waals surface area (Å²) in [7, 11) is 1.33. The maximum absolute atomic E-state index is 11.4. The van der Waals surface area contributed by atoms with E-state index in [4.69, 9.17) is 5.11 Å². The lowest BCUT2D eigenvalue weighted by atomic mass is 10.1. The standard InChI is InChI=1S/C16H13N3O4/c1-23-16(22)14-8-11(9-17-14)10-2-4-12(5-3-10)19-7-6-13(18-19)15(20)21/h2-9,17H,1H3,(H,20,21). The maximum atomic E-state index is 11.4. The van der Waals surface area contributed by atoms with Crippen LogP contribution in [0.4, 0.5) is 0 Å². The minimum absolute atomic E-state index is 0.0116. The first-order valence-electron chi connectivity index (χ1n) is 6.75. The minimum atomic E-state index is -1.07. The summed E-state index contributed by atoms with van der Waals surface area (Å²) >= 11 is 0. The lowest BCUT2D eigenvalue weighted by Crippen LogP contribution is -2.00. The molecule has 23 heavy (non-hydrogen) atoms. The molecule has 116 valence electrons. The number of rotatable bonds is 4. The Labute approximate surface area is 131 Å². The van der Waals surface area contributed by atoms with Gasteiger partial charge in [-0.2, -0.15) is 5.10 Å². The van der Waals surface area contributed by atoms with E-state index < -0.39 is 11.9 Å². The highest BCUT2D eigenvalue weighted by Gasteiger charge is 2.10. The van der Waals surface area contributed by atoms with Crippen molar-refractivity contribution in [1.82, 2.24) is 14.8 Å². The van der Waals surface area contributed by atoms with Crippen LogP contribution in [0.15, 0.2) is 48.8 Å². The van der Waals surface area contributed by atoms with Crippen LogP contribution in [0.3, 0.4) is 0 Å². The summed E-state index contributed by atoms with van der Waals surface area (Å²) in [6, 6.07) is 10.5. The first kappa shape index (κ1) is 14.6. The zero-order valence-corrected chi connectivity index (χ0v) is 12.2. The summed E-state index contributed by atoms with van der Waals surface area (Å²) in [6.07, 6.45) is 3.31. The third-order valence-electron chi connectivity index (χ3n) is 3.36. The topological polar surface area (TPSA) is 97.2 Å². The molecule has 7 nitrogen and oxygen atoms in total. The molecule has 0 amide bonds. The van der Waals surface area contributed by atoms with Gasteiger partial charge in [0, 0.05) is 12.4 Å². The van der Waals surface area contributed by atoms with Crippen molar-refractivity contribution in [3.8, 4) is 16.8 Å². The van der Waals surface area contributed by atoms with Gasteiger partial charge in [-0.1, -0.05) is 12.1 Å². The molecule has 0 unspecified atom stereocenters. The van der Waals surface area contributed by atoms with Gasteiger partial charge in [0.15, 0.2) is 5.69 Å². The van der Waals surface area contributed by atoms with Crippen LogP contribution in [0.25, 0.3) is 16.8 Å². The van der Waals surface area contributed by atoms with Gasteiger partial charge in [-0.15, -0.1) is 0 Å². The number of nitrogens with zero attached hydrogens (tertiary/aromatic N) is 2. The Morgan fingerprint density at radius 1 is 1.17 bits per heavy atom. The summed E-state index contributed by atoms with van der Waals surface area (Å²) < 4.78 is 6.14. The molecule has 0 saturated heterocycles. The number of esters is 1. The Morgan fingerprint density at radius 2 is 1.91 bits per heavy atom. The van der Waals surface area contributed by atoms with Crippen molar-refractivity contribution >= 4 is 11.9 Å². The summed E-state index contributed by atoms with van der Waals surface area (Å²) in [4.78, 5) is 25.2. The molecule has 3 rings (SSSR count). The van der Waals surface area contributed by atoms with E-state index in [1.54, 1.807) is 18.5 Å². The van der Waals surface area contributed by atoms with E-state index in [9.17, 15) is 9.59 Å². The monoisotopic (exact) mass is 311 g/mol. The van der Waals surface area contributed by atoms with Crippen molar-refractivity contribution in [2.24, 2.45) is 0 Å². The first-order chi connectivity index (χ1) is 11.1. The number of carboxylic acids is 1. The van der Waals surface area contributed by atoms with Gasteiger partial charge in [0.05, 0.1) is 12.8 Å².